The van der Waals surface area contributed by atoms with Crippen LogP contribution >= 0.6 is 11.8 Å². The van der Waals surface area contributed by atoms with Gasteiger partial charge in [-0.1, -0.05) is 23.9 Å². The summed E-state index contributed by atoms with van der Waals surface area (Å²) in [5.74, 6) is 0.383. The fourth-order valence-corrected chi connectivity index (χ4v) is 2.96. The van der Waals surface area contributed by atoms with Crippen LogP contribution in [-0.4, -0.2) is 36.0 Å². The number of para-hydroxylation sites is 1. The monoisotopic (exact) mass is 281 g/mol. The standard InChI is InChI=1S/C13H15NO4S/c1-9(15)18-8-14-12(16)7-13(14)19-11-6-4-3-5-10(11)17-2/h3-6,13H,7-8H2,1-2H3. The summed E-state index contributed by atoms with van der Waals surface area (Å²) in [4.78, 5) is 24.8. The van der Waals surface area contributed by atoms with Crippen LogP contribution in [0.4, 0.5) is 0 Å². The van der Waals surface area contributed by atoms with Crippen molar-refractivity contribution in [2.75, 3.05) is 13.8 Å². The Hall–Kier alpha value is -1.69. The Bertz CT molecular complexity index is 491. The van der Waals surface area contributed by atoms with Crippen LogP contribution in [0.3, 0.4) is 0 Å². The lowest BCUT2D eigenvalue weighted by Crippen LogP contribution is -2.51. The van der Waals surface area contributed by atoms with Gasteiger partial charge in [0, 0.05) is 6.92 Å². The highest BCUT2D eigenvalue weighted by molar-refractivity contribution is 8.00. The number of ether oxygens (including phenoxy) is 2. The lowest BCUT2D eigenvalue weighted by Gasteiger charge is -2.39. The van der Waals surface area contributed by atoms with Gasteiger partial charge in [0.25, 0.3) is 0 Å². The molecule has 0 N–H and O–H groups in total. The van der Waals surface area contributed by atoms with E-state index in [1.54, 1.807) is 12.0 Å². The molecule has 1 aromatic carbocycles. The van der Waals surface area contributed by atoms with Gasteiger partial charge >= 0.3 is 5.97 Å². The number of β-lactam (4-membered cyclic amide) rings is 1. The van der Waals surface area contributed by atoms with Gasteiger partial charge in [-0.05, 0) is 12.1 Å². The molecule has 0 saturated carbocycles. The molecule has 5 nitrogen and oxygen atoms in total. The molecule has 0 spiro atoms. The lowest BCUT2D eigenvalue weighted by atomic mass is 10.2. The molecule has 6 heteroatoms. The first-order chi connectivity index (χ1) is 9.11. The molecule has 1 aliphatic heterocycles. The number of methoxy groups -OCH3 is 1. The summed E-state index contributed by atoms with van der Waals surface area (Å²) in [6.07, 6.45) is 0.448. The van der Waals surface area contributed by atoms with E-state index in [-0.39, 0.29) is 24.0 Å². The molecule has 102 valence electrons. The molecule has 1 aliphatic rings. The number of hydrogen-bond acceptors (Lipinski definition) is 5. The van der Waals surface area contributed by atoms with E-state index >= 15 is 0 Å². The van der Waals surface area contributed by atoms with Gasteiger partial charge < -0.3 is 9.47 Å². The van der Waals surface area contributed by atoms with E-state index in [1.807, 2.05) is 24.3 Å². The van der Waals surface area contributed by atoms with Gasteiger partial charge in [0.1, 0.15) is 5.75 Å². The number of hydrogen-bond donors (Lipinski definition) is 0. The number of esters is 1. The zero-order valence-corrected chi connectivity index (χ0v) is 11.6. The first kappa shape index (κ1) is 13.7. The highest BCUT2D eigenvalue weighted by Gasteiger charge is 2.37. The summed E-state index contributed by atoms with van der Waals surface area (Å²) in [7, 11) is 1.61. The predicted octanol–water partition coefficient (Wildman–Crippen LogP) is 1.87. The van der Waals surface area contributed by atoms with Crippen LogP contribution in [0, 0.1) is 0 Å². The highest BCUT2D eigenvalue weighted by Crippen LogP contribution is 2.38. The van der Waals surface area contributed by atoms with Gasteiger partial charge in [-0.15, -0.1) is 0 Å². The third-order valence-corrected chi connectivity index (χ3v) is 4.04. The molecule has 1 unspecified atom stereocenters. The Labute approximate surface area is 115 Å². The summed E-state index contributed by atoms with van der Waals surface area (Å²) in [6.45, 7) is 1.34. The summed E-state index contributed by atoms with van der Waals surface area (Å²) in [5, 5.41) is -0.0110. The average Bonchev–Trinajstić information content (AvgIpc) is 2.38. The van der Waals surface area contributed by atoms with E-state index in [2.05, 4.69) is 0 Å². The third-order valence-electron chi connectivity index (χ3n) is 2.76. The maximum atomic E-state index is 11.5. The molecule has 0 radical (unpaired) electrons. The van der Waals surface area contributed by atoms with Crippen LogP contribution < -0.4 is 4.74 Å². The van der Waals surface area contributed by atoms with Crippen molar-refractivity contribution in [2.24, 2.45) is 0 Å². The van der Waals surface area contributed by atoms with Crippen LogP contribution in [0.5, 0.6) is 5.75 Å². The van der Waals surface area contributed by atoms with Crippen molar-refractivity contribution in [1.82, 2.24) is 4.90 Å². The number of nitrogens with zero attached hydrogens (tertiary/aromatic N) is 1. The van der Waals surface area contributed by atoms with E-state index in [9.17, 15) is 9.59 Å². The number of carbonyl (C=O) groups is 2. The molecule has 0 aliphatic carbocycles. The maximum absolute atomic E-state index is 11.5. The fourth-order valence-electron chi connectivity index (χ4n) is 1.71. The molecule has 2 rings (SSSR count). The Morgan fingerprint density at radius 3 is 2.84 bits per heavy atom. The molecule has 1 aromatic rings. The zero-order valence-electron chi connectivity index (χ0n) is 10.8. The van der Waals surface area contributed by atoms with Crippen LogP contribution in [0.1, 0.15) is 13.3 Å². The summed E-state index contributed by atoms with van der Waals surface area (Å²) in [5.41, 5.74) is 0. The fraction of sp³-hybridized carbons (Fsp3) is 0.385. The van der Waals surface area contributed by atoms with Gasteiger partial charge in [0.05, 0.1) is 23.8 Å². The minimum absolute atomic E-state index is 0.00588. The minimum atomic E-state index is -0.388. The summed E-state index contributed by atoms with van der Waals surface area (Å²) in [6, 6.07) is 7.63. The van der Waals surface area contributed by atoms with Crippen molar-refractivity contribution in [3.63, 3.8) is 0 Å². The van der Waals surface area contributed by atoms with Crippen molar-refractivity contribution in [2.45, 2.75) is 23.6 Å². The van der Waals surface area contributed by atoms with Crippen LogP contribution in [0.2, 0.25) is 0 Å². The van der Waals surface area contributed by atoms with E-state index in [1.165, 1.54) is 18.7 Å². The topological polar surface area (TPSA) is 55.8 Å². The molecule has 1 amide bonds. The van der Waals surface area contributed by atoms with Crippen molar-refractivity contribution in [3.8, 4) is 5.75 Å². The van der Waals surface area contributed by atoms with Crippen molar-refractivity contribution < 1.29 is 19.1 Å². The molecule has 1 saturated heterocycles. The molecule has 0 bridgehead atoms. The van der Waals surface area contributed by atoms with E-state index < -0.39 is 0 Å². The molecule has 19 heavy (non-hydrogen) atoms. The van der Waals surface area contributed by atoms with E-state index in [4.69, 9.17) is 9.47 Å². The zero-order chi connectivity index (χ0) is 13.8. The number of amides is 1. The largest absolute Gasteiger partial charge is 0.496 e. The predicted molar refractivity (Wildman–Crippen MR) is 70.7 cm³/mol. The van der Waals surface area contributed by atoms with Gasteiger partial charge in [0.15, 0.2) is 6.73 Å². The SMILES string of the molecule is COc1ccccc1SC1CC(=O)N1COC(C)=O. The van der Waals surface area contributed by atoms with Crippen LogP contribution in [0.15, 0.2) is 29.2 Å². The van der Waals surface area contributed by atoms with E-state index in [0.29, 0.717) is 6.42 Å². The third kappa shape index (κ3) is 3.20. The molecule has 1 fully saturated rings. The smallest absolute Gasteiger partial charge is 0.304 e. The second kappa shape index (κ2) is 5.97. The maximum Gasteiger partial charge on any atom is 0.304 e. The molecule has 1 atom stereocenters. The number of rotatable bonds is 5. The van der Waals surface area contributed by atoms with Gasteiger partial charge in [0.2, 0.25) is 5.91 Å². The number of thioether (sulfide) groups is 1. The first-order valence-corrected chi connectivity index (χ1v) is 6.72. The quantitative estimate of drug-likeness (QED) is 0.609. The molecular formula is C13H15NO4S. The summed E-state index contributed by atoms with van der Waals surface area (Å²) < 4.78 is 10.1. The van der Waals surface area contributed by atoms with Crippen LogP contribution in [0.25, 0.3) is 0 Å². The normalized spacial score (nSPS) is 17.9. The highest BCUT2D eigenvalue weighted by atomic mass is 32.2. The van der Waals surface area contributed by atoms with E-state index in [0.717, 1.165) is 10.6 Å². The van der Waals surface area contributed by atoms with Gasteiger partial charge in [-0.3, -0.25) is 14.5 Å². The second-order valence-corrected chi connectivity index (χ2v) is 5.28. The Morgan fingerprint density at radius 2 is 2.21 bits per heavy atom. The first-order valence-electron chi connectivity index (χ1n) is 5.84. The molecular weight excluding hydrogens is 266 g/mol. The second-order valence-electron chi connectivity index (χ2n) is 4.06. The molecule has 0 aromatic heterocycles. The Balaban J connectivity index is 1.99. The van der Waals surface area contributed by atoms with Crippen molar-refractivity contribution >= 4 is 23.6 Å². The average molecular weight is 281 g/mol. The Morgan fingerprint density at radius 1 is 1.47 bits per heavy atom. The Kier molecular flexibility index (Phi) is 4.31. The van der Waals surface area contributed by atoms with Crippen molar-refractivity contribution in [3.05, 3.63) is 24.3 Å². The number of likely N-dealkylation sites (tertiary alicyclic amines) is 1. The lowest BCUT2D eigenvalue weighted by molar-refractivity contribution is -0.158. The molecule has 1 heterocycles. The van der Waals surface area contributed by atoms with Crippen LogP contribution in [-0.2, 0) is 14.3 Å². The van der Waals surface area contributed by atoms with Gasteiger partial charge in [-0.25, -0.2) is 0 Å². The van der Waals surface area contributed by atoms with Crippen molar-refractivity contribution in [1.29, 1.82) is 0 Å². The number of benzene rings is 1. The number of carbonyl (C=O) groups excluding carboxylic acids is 2. The minimum Gasteiger partial charge on any atom is -0.496 e. The summed E-state index contributed by atoms with van der Waals surface area (Å²) >= 11 is 1.53. The van der Waals surface area contributed by atoms with Gasteiger partial charge in [-0.2, -0.15) is 0 Å².